The SMILES string of the molecule is O=C1CCC(N2Cc3c(cc(F)cc3C3CCN(Cc4cc(F)c[nH]c4=O)CC3)C2=O)C(=O)N1. The van der Waals surface area contributed by atoms with Crippen LogP contribution in [0.1, 0.15) is 58.6 Å². The van der Waals surface area contributed by atoms with Crippen LogP contribution in [0.25, 0.3) is 0 Å². The molecule has 3 aliphatic rings. The van der Waals surface area contributed by atoms with Gasteiger partial charge in [-0.05, 0) is 67.6 Å². The van der Waals surface area contributed by atoms with Gasteiger partial charge >= 0.3 is 0 Å². The maximum atomic E-state index is 14.5. The number of rotatable bonds is 4. The number of aromatic nitrogens is 1. The molecule has 0 spiro atoms. The quantitative estimate of drug-likeness (QED) is 0.664. The van der Waals surface area contributed by atoms with Crippen molar-refractivity contribution in [2.45, 2.75) is 50.7 Å². The Hall–Kier alpha value is -3.40. The van der Waals surface area contributed by atoms with Crippen molar-refractivity contribution in [1.29, 1.82) is 0 Å². The van der Waals surface area contributed by atoms with E-state index >= 15 is 0 Å². The van der Waals surface area contributed by atoms with Crippen molar-refractivity contribution >= 4 is 17.7 Å². The molecular formula is C24H24F2N4O4. The molecule has 1 aromatic carbocycles. The lowest BCUT2D eigenvalue weighted by Crippen LogP contribution is -2.52. The average Bonchev–Trinajstić information content (AvgIpc) is 3.12. The number of hydrogen-bond acceptors (Lipinski definition) is 5. The number of piperidine rings is 2. The van der Waals surface area contributed by atoms with Crippen molar-refractivity contribution in [2.75, 3.05) is 13.1 Å². The number of imide groups is 1. The largest absolute Gasteiger partial charge is 0.326 e. The highest BCUT2D eigenvalue weighted by Gasteiger charge is 2.41. The van der Waals surface area contributed by atoms with E-state index in [1.807, 2.05) is 0 Å². The van der Waals surface area contributed by atoms with Crippen molar-refractivity contribution in [2.24, 2.45) is 0 Å². The number of fused-ring (bicyclic) bond motifs is 1. The van der Waals surface area contributed by atoms with Gasteiger partial charge in [0, 0.05) is 36.8 Å². The molecule has 2 aromatic rings. The Morgan fingerprint density at radius 3 is 2.47 bits per heavy atom. The second-order valence-electron chi connectivity index (χ2n) is 9.14. The van der Waals surface area contributed by atoms with Crippen LogP contribution in [-0.4, -0.2) is 51.6 Å². The number of carbonyl (C=O) groups excluding carboxylic acids is 3. The smallest absolute Gasteiger partial charge is 0.255 e. The molecule has 0 bridgehead atoms. The van der Waals surface area contributed by atoms with Gasteiger partial charge in [0.25, 0.3) is 11.5 Å². The molecule has 1 aromatic heterocycles. The Morgan fingerprint density at radius 2 is 1.74 bits per heavy atom. The fourth-order valence-electron chi connectivity index (χ4n) is 5.28. The number of benzene rings is 1. The van der Waals surface area contributed by atoms with E-state index in [1.165, 1.54) is 23.1 Å². The number of likely N-dealkylation sites (tertiary alicyclic amines) is 1. The molecule has 2 saturated heterocycles. The molecule has 2 N–H and O–H groups in total. The molecule has 10 heteroatoms. The summed E-state index contributed by atoms with van der Waals surface area (Å²) in [5, 5.41) is 2.28. The molecule has 34 heavy (non-hydrogen) atoms. The monoisotopic (exact) mass is 470 g/mol. The minimum absolute atomic E-state index is 0.0148. The standard InChI is InChI=1S/C24H24F2N4O4/c25-15-8-17(13-3-5-29(6-4-13)11-14-7-16(26)10-27-22(14)32)19-12-30(24(34)18(19)9-15)20-1-2-21(31)28-23(20)33/h7-10,13,20H,1-6,11-12H2,(H,27,32)(H,28,31,33). The Morgan fingerprint density at radius 1 is 0.971 bits per heavy atom. The second kappa shape index (κ2) is 8.75. The number of halogens is 2. The summed E-state index contributed by atoms with van der Waals surface area (Å²) >= 11 is 0. The number of hydrogen-bond donors (Lipinski definition) is 2. The molecule has 2 fully saturated rings. The fourth-order valence-corrected chi connectivity index (χ4v) is 5.28. The first-order valence-electron chi connectivity index (χ1n) is 11.4. The lowest BCUT2D eigenvalue weighted by atomic mass is 9.85. The maximum Gasteiger partial charge on any atom is 0.255 e. The first-order valence-corrected chi connectivity index (χ1v) is 11.4. The van der Waals surface area contributed by atoms with Crippen LogP contribution in [0.15, 0.2) is 29.2 Å². The Balaban J connectivity index is 1.32. The normalized spacial score (nSPS) is 21.6. The second-order valence-corrected chi connectivity index (χ2v) is 9.14. The molecule has 1 unspecified atom stereocenters. The van der Waals surface area contributed by atoms with E-state index in [1.54, 1.807) is 0 Å². The summed E-state index contributed by atoms with van der Waals surface area (Å²) in [6.45, 7) is 1.80. The molecule has 5 rings (SSSR count). The fraction of sp³-hybridized carbons (Fsp3) is 0.417. The van der Waals surface area contributed by atoms with Crippen LogP contribution in [0.3, 0.4) is 0 Å². The van der Waals surface area contributed by atoms with E-state index in [2.05, 4.69) is 15.2 Å². The first-order chi connectivity index (χ1) is 16.3. The van der Waals surface area contributed by atoms with Crippen LogP contribution in [0.2, 0.25) is 0 Å². The molecule has 0 saturated carbocycles. The Labute approximate surface area is 193 Å². The van der Waals surface area contributed by atoms with Gasteiger partial charge in [0.1, 0.15) is 17.7 Å². The summed E-state index contributed by atoms with van der Waals surface area (Å²) in [4.78, 5) is 54.7. The van der Waals surface area contributed by atoms with Gasteiger partial charge < -0.3 is 9.88 Å². The predicted molar refractivity (Wildman–Crippen MR) is 117 cm³/mol. The van der Waals surface area contributed by atoms with Gasteiger partial charge in [-0.2, -0.15) is 0 Å². The number of aromatic amines is 1. The predicted octanol–water partition coefficient (Wildman–Crippen LogP) is 1.79. The van der Waals surface area contributed by atoms with Crippen molar-refractivity contribution in [1.82, 2.24) is 20.1 Å². The Bertz CT molecular complexity index is 1240. The van der Waals surface area contributed by atoms with E-state index in [0.717, 1.165) is 17.3 Å². The van der Waals surface area contributed by atoms with Crippen LogP contribution >= 0.6 is 0 Å². The van der Waals surface area contributed by atoms with Crippen LogP contribution in [0, 0.1) is 11.6 Å². The molecule has 3 aliphatic heterocycles. The van der Waals surface area contributed by atoms with E-state index in [0.29, 0.717) is 38.0 Å². The average molecular weight is 470 g/mol. The number of nitrogens with one attached hydrogen (secondary N) is 2. The van der Waals surface area contributed by atoms with Crippen molar-refractivity contribution in [3.63, 3.8) is 0 Å². The third-order valence-corrected chi connectivity index (χ3v) is 7.02. The number of pyridine rings is 1. The minimum Gasteiger partial charge on any atom is -0.326 e. The molecule has 8 nitrogen and oxygen atoms in total. The third-order valence-electron chi connectivity index (χ3n) is 7.02. The van der Waals surface area contributed by atoms with Gasteiger partial charge in [0.05, 0.1) is 0 Å². The van der Waals surface area contributed by atoms with Gasteiger partial charge in [-0.15, -0.1) is 0 Å². The highest BCUT2D eigenvalue weighted by atomic mass is 19.1. The van der Waals surface area contributed by atoms with Gasteiger partial charge in [-0.25, -0.2) is 8.78 Å². The summed E-state index contributed by atoms with van der Waals surface area (Å²) in [6, 6.07) is 3.18. The van der Waals surface area contributed by atoms with E-state index in [4.69, 9.17) is 0 Å². The van der Waals surface area contributed by atoms with E-state index in [9.17, 15) is 28.0 Å². The van der Waals surface area contributed by atoms with E-state index in [-0.39, 0.29) is 42.3 Å². The van der Waals surface area contributed by atoms with Gasteiger partial charge in [0.15, 0.2) is 0 Å². The van der Waals surface area contributed by atoms with Gasteiger partial charge in [-0.1, -0.05) is 0 Å². The molecule has 178 valence electrons. The summed E-state index contributed by atoms with van der Waals surface area (Å²) in [7, 11) is 0. The zero-order valence-corrected chi connectivity index (χ0v) is 18.4. The van der Waals surface area contributed by atoms with E-state index < -0.39 is 29.5 Å². The highest BCUT2D eigenvalue weighted by molar-refractivity contribution is 6.05. The van der Waals surface area contributed by atoms with Crippen LogP contribution < -0.4 is 10.9 Å². The third kappa shape index (κ3) is 4.13. The molecule has 1 atom stereocenters. The topological polar surface area (TPSA) is 103 Å². The first kappa shape index (κ1) is 22.4. The lowest BCUT2D eigenvalue weighted by Gasteiger charge is -2.33. The summed E-state index contributed by atoms with van der Waals surface area (Å²) in [5.41, 5.74) is 1.81. The van der Waals surface area contributed by atoms with Crippen LogP contribution in [0.5, 0.6) is 0 Å². The van der Waals surface area contributed by atoms with Crippen molar-refractivity contribution in [3.8, 4) is 0 Å². The van der Waals surface area contributed by atoms with Crippen molar-refractivity contribution in [3.05, 3.63) is 68.6 Å². The molecular weight excluding hydrogens is 446 g/mol. The lowest BCUT2D eigenvalue weighted by molar-refractivity contribution is -0.136. The zero-order valence-electron chi connectivity index (χ0n) is 18.4. The van der Waals surface area contributed by atoms with Gasteiger partial charge in [0.2, 0.25) is 11.8 Å². The summed E-state index contributed by atoms with van der Waals surface area (Å²) < 4.78 is 28.0. The summed E-state index contributed by atoms with van der Waals surface area (Å²) in [6.07, 6.45) is 2.82. The zero-order chi connectivity index (χ0) is 24.0. The van der Waals surface area contributed by atoms with Crippen LogP contribution in [0.4, 0.5) is 8.78 Å². The molecule has 0 radical (unpaired) electrons. The number of amides is 3. The Kier molecular flexibility index (Phi) is 5.76. The maximum absolute atomic E-state index is 14.5. The molecule has 4 heterocycles. The number of carbonyl (C=O) groups is 3. The summed E-state index contributed by atoms with van der Waals surface area (Å²) in [5.74, 6) is -2.23. The van der Waals surface area contributed by atoms with Crippen molar-refractivity contribution < 1.29 is 23.2 Å². The number of H-pyrrole nitrogens is 1. The van der Waals surface area contributed by atoms with Crippen LogP contribution in [-0.2, 0) is 22.7 Å². The molecule has 3 amide bonds. The highest BCUT2D eigenvalue weighted by Crippen LogP contribution is 2.37. The van der Waals surface area contributed by atoms with Gasteiger partial charge in [-0.3, -0.25) is 29.4 Å². The number of nitrogens with zero attached hydrogens (tertiary/aromatic N) is 2. The molecule has 0 aliphatic carbocycles. The minimum atomic E-state index is -0.750.